The zero-order valence-corrected chi connectivity index (χ0v) is 6.88. The van der Waals surface area contributed by atoms with Gasteiger partial charge in [-0.15, -0.1) is 0 Å². The monoisotopic (exact) mass is 189 g/mol. The summed E-state index contributed by atoms with van der Waals surface area (Å²) in [4.78, 5) is 22.0. The number of carboxylic acids is 1. The third-order valence-electron chi connectivity index (χ3n) is 2.11. The Bertz CT molecular complexity index is 229. The first-order valence-corrected chi connectivity index (χ1v) is 3.93. The zero-order chi connectivity index (χ0) is 10.0. The molecule has 1 fully saturated rings. The molecule has 1 aliphatic heterocycles. The normalized spacial score (nSPS) is 28.5. The first-order valence-electron chi connectivity index (χ1n) is 3.93. The van der Waals surface area contributed by atoms with Crippen LogP contribution >= 0.6 is 0 Å². The van der Waals surface area contributed by atoms with Crippen LogP contribution in [0.25, 0.3) is 0 Å². The van der Waals surface area contributed by atoms with E-state index in [-0.39, 0.29) is 13.0 Å². The van der Waals surface area contributed by atoms with Gasteiger partial charge in [-0.2, -0.15) is 0 Å². The molecule has 1 aliphatic rings. The number of carbonyl (C=O) groups is 2. The Morgan fingerprint density at radius 1 is 1.31 bits per heavy atom. The van der Waals surface area contributed by atoms with Crippen LogP contribution < -0.4 is 0 Å². The van der Waals surface area contributed by atoms with Crippen molar-refractivity contribution in [1.29, 1.82) is 0 Å². The van der Waals surface area contributed by atoms with E-state index in [2.05, 4.69) is 0 Å². The molecule has 1 amide bonds. The zero-order valence-electron chi connectivity index (χ0n) is 6.88. The van der Waals surface area contributed by atoms with Crippen molar-refractivity contribution in [3.8, 4) is 0 Å². The molecule has 1 heterocycles. The summed E-state index contributed by atoms with van der Waals surface area (Å²) in [6, 6.07) is -1.11. The van der Waals surface area contributed by atoms with Crippen molar-refractivity contribution in [1.82, 2.24) is 4.90 Å². The molecule has 6 heteroatoms. The molecule has 1 saturated heterocycles. The SMILES string of the molecule is O=C(O)[C@H]1C[C@H](O)CCN1C(=O)O. The predicted octanol–water partition coefficient (Wildman–Crippen LogP) is -0.426. The number of likely N-dealkylation sites (tertiary alicyclic amines) is 1. The highest BCUT2D eigenvalue weighted by Gasteiger charge is 2.35. The molecular weight excluding hydrogens is 178 g/mol. The van der Waals surface area contributed by atoms with Crippen molar-refractivity contribution < 1.29 is 24.9 Å². The molecule has 13 heavy (non-hydrogen) atoms. The fourth-order valence-electron chi connectivity index (χ4n) is 1.41. The van der Waals surface area contributed by atoms with Gasteiger partial charge in [0.2, 0.25) is 0 Å². The van der Waals surface area contributed by atoms with Crippen LogP contribution in [0.5, 0.6) is 0 Å². The highest BCUT2D eigenvalue weighted by molar-refractivity contribution is 5.79. The van der Waals surface area contributed by atoms with Gasteiger partial charge in [0, 0.05) is 13.0 Å². The predicted molar refractivity (Wildman–Crippen MR) is 41.4 cm³/mol. The molecule has 0 aliphatic carbocycles. The molecule has 0 unspecified atom stereocenters. The average molecular weight is 189 g/mol. The van der Waals surface area contributed by atoms with Crippen LogP contribution in [0.1, 0.15) is 12.8 Å². The van der Waals surface area contributed by atoms with Crippen LogP contribution in [-0.2, 0) is 4.79 Å². The van der Waals surface area contributed by atoms with Gasteiger partial charge in [-0.05, 0) is 6.42 Å². The van der Waals surface area contributed by atoms with Crippen molar-refractivity contribution in [2.45, 2.75) is 25.0 Å². The maximum Gasteiger partial charge on any atom is 0.408 e. The summed E-state index contributed by atoms with van der Waals surface area (Å²) in [5, 5.41) is 26.4. The molecule has 6 nitrogen and oxygen atoms in total. The van der Waals surface area contributed by atoms with Crippen molar-refractivity contribution in [2.24, 2.45) is 0 Å². The maximum atomic E-state index is 10.6. The molecule has 0 aromatic rings. The minimum absolute atomic E-state index is 0.0262. The molecular formula is C7H11NO5. The van der Waals surface area contributed by atoms with Crippen molar-refractivity contribution >= 4 is 12.1 Å². The van der Waals surface area contributed by atoms with Crippen LogP contribution in [0, 0.1) is 0 Å². The van der Waals surface area contributed by atoms with E-state index in [1.165, 1.54) is 0 Å². The summed E-state index contributed by atoms with van der Waals surface area (Å²) >= 11 is 0. The van der Waals surface area contributed by atoms with Crippen LogP contribution in [0.15, 0.2) is 0 Å². The summed E-state index contributed by atoms with van der Waals surface area (Å²) in [5.41, 5.74) is 0. The van der Waals surface area contributed by atoms with Gasteiger partial charge < -0.3 is 15.3 Å². The number of aliphatic carboxylic acids is 1. The first-order chi connectivity index (χ1) is 6.02. The van der Waals surface area contributed by atoms with Crippen molar-refractivity contribution in [3.63, 3.8) is 0 Å². The van der Waals surface area contributed by atoms with Gasteiger partial charge in [0.15, 0.2) is 0 Å². The van der Waals surface area contributed by atoms with Gasteiger partial charge in [0.1, 0.15) is 6.04 Å². The van der Waals surface area contributed by atoms with Crippen LogP contribution in [-0.4, -0.2) is 51.0 Å². The second-order valence-electron chi connectivity index (χ2n) is 3.01. The van der Waals surface area contributed by atoms with E-state index >= 15 is 0 Å². The summed E-state index contributed by atoms with van der Waals surface area (Å²) in [6.07, 6.45) is -1.69. The molecule has 0 spiro atoms. The molecule has 0 radical (unpaired) electrons. The molecule has 0 aromatic heterocycles. The lowest BCUT2D eigenvalue weighted by Crippen LogP contribution is -2.50. The molecule has 1 rings (SSSR count). The van der Waals surface area contributed by atoms with E-state index < -0.39 is 24.2 Å². The van der Waals surface area contributed by atoms with Crippen molar-refractivity contribution in [3.05, 3.63) is 0 Å². The third kappa shape index (κ3) is 2.09. The average Bonchev–Trinajstić information content (AvgIpc) is 2.03. The highest BCUT2D eigenvalue weighted by atomic mass is 16.4. The Morgan fingerprint density at radius 2 is 1.92 bits per heavy atom. The van der Waals surface area contributed by atoms with E-state index in [4.69, 9.17) is 15.3 Å². The van der Waals surface area contributed by atoms with Gasteiger partial charge >= 0.3 is 12.1 Å². The number of rotatable bonds is 1. The summed E-state index contributed by atoms with van der Waals surface area (Å²) in [5.74, 6) is -1.21. The highest BCUT2D eigenvalue weighted by Crippen LogP contribution is 2.17. The quantitative estimate of drug-likeness (QED) is 0.520. The number of piperidine rings is 1. The van der Waals surface area contributed by atoms with Gasteiger partial charge in [0.25, 0.3) is 0 Å². The Morgan fingerprint density at radius 3 is 2.38 bits per heavy atom. The Kier molecular flexibility index (Phi) is 2.72. The Hall–Kier alpha value is -1.30. The molecule has 74 valence electrons. The second-order valence-corrected chi connectivity index (χ2v) is 3.01. The summed E-state index contributed by atoms with van der Waals surface area (Å²) in [6.45, 7) is 0.0769. The molecule has 2 atom stereocenters. The lowest BCUT2D eigenvalue weighted by atomic mass is 10.0. The topological polar surface area (TPSA) is 98.1 Å². The van der Waals surface area contributed by atoms with E-state index in [0.29, 0.717) is 6.42 Å². The van der Waals surface area contributed by atoms with Crippen LogP contribution in [0.2, 0.25) is 0 Å². The second kappa shape index (κ2) is 3.61. The number of hydrogen-bond donors (Lipinski definition) is 3. The third-order valence-corrected chi connectivity index (χ3v) is 2.11. The molecule has 0 bridgehead atoms. The van der Waals surface area contributed by atoms with Gasteiger partial charge in [-0.25, -0.2) is 9.59 Å². The fourth-order valence-corrected chi connectivity index (χ4v) is 1.41. The minimum Gasteiger partial charge on any atom is -0.480 e. The fraction of sp³-hybridized carbons (Fsp3) is 0.714. The minimum atomic E-state index is -1.25. The van der Waals surface area contributed by atoms with Crippen LogP contribution in [0.4, 0.5) is 4.79 Å². The van der Waals surface area contributed by atoms with Crippen LogP contribution in [0.3, 0.4) is 0 Å². The first kappa shape index (κ1) is 9.79. The van der Waals surface area contributed by atoms with Gasteiger partial charge in [-0.1, -0.05) is 0 Å². The Labute approximate surface area is 74.4 Å². The molecule has 0 saturated carbocycles. The number of aliphatic hydroxyl groups is 1. The number of amides is 1. The number of carboxylic acid groups (broad SMARTS) is 2. The Balaban J connectivity index is 2.72. The lowest BCUT2D eigenvalue weighted by Gasteiger charge is -2.32. The smallest absolute Gasteiger partial charge is 0.408 e. The van der Waals surface area contributed by atoms with E-state index in [0.717, 1.165) is 4.90 Å². The summed E-state index contributed by atoms with van der Waals surface area (Å²) < 4.78 is 0. The van der Waals surface area contributed by atoms with E-state index in [1.54, 1.807) is 0 Å². The molecule has 3 N–H and O–H groups in total. The summed E-state index contributed by atoms with van der Waals surface area (Å²) in [7, 11) is 0. The standard InChI is InChI=1S/C7H11NO5/c9-4-1-2-8(7(12)13)5(3-4)6(10)11/h4-5,9H,1-3H2,(H,10,11)(H,12,13)/t4-,5-/m1/s1. The van der Waals surface area contributed by atoms with Gasteiger partial charge in [0.05, 0.1) is 6.10 Å². The largest absolute Gasteiger partial charge is 0.480 e. The van der Waals surface area contributed by atoms with E-state index in [1.807, 2.05) is 0 Å². The van der Waals surface area contributed by atoms with Crippen molar-refractivity contribution in [2.75, 3.05) is 6.54 Å². The van der Waals surface area contributed by atoms with Gasteiger partial charge in [-0.3, -0.25) is 4.90 Å². The van der Waals surface area contributed by atoms with E-state index in [9.17, 15) is 9.59 Å². The number of aliphatic hydroxyl groups excluding tert-OH is 1. The molecule has 0 aromatic carbocycles. The maximum absolute atomic E-state index is 10.6. The lowest BCUT2D eigenvalue weighted by molar-refractivity contribution is -0.145. The number of nitrogens with zero attached hydrogens (tertiary/aromatic N) is 1. The number of hydrogen-bond acceptors (Lipinski definition) is 3.